The van der Waals surface area contributed by atoms with E-state index in [1.807, 2.05) is 20.0 Å². The van der Waals surface area contributed by atoms with E-state index in [0.717, 1.165) is 12.1 Å². The summed E-state index contributed by atoms with van der Waals surface area (Å²) in [5, 5.41) is 2.70. The van der Waals surface area contributed by atoms with Crippen LogP contribution in [0, 0.1) is 11.6 Å². The van der Waals surface area contributed by atoms with E-state index in [0.29, 0.717) is 29.6 Å². The van der Waals surface area contributed by atoms with E-state index in [1.165, 1.54) is 12.0 Å². The number of aromatic nitrogens is 1. The molecule has 1 N–H and O–H groups in total. The van der Waals surface area contributed by atoms with Crippen molar-refractivity contribution in [3.63, 3.8) is 0 Å². The number of carbonyl (C=O) groups is 2. The van der Waals surface area contributed by atoms with E-state index < -0.39 is 43.4 Å². The van der Waals surface area contributed by atoms with Crippen LogP contribution in [0.3, 0.4) is 0 Å². The molecule has 0 spiro atoms. The zero-order valence-corrected chi connectivity index (χ0v) is 22.3. The standard InChI is InChI=1S/C25H33F2N3O4Si/c1-8-35(6,7)22-17(26)13-15(14-18(22)27)28-23(31)21-16-9-10-20(33-5)29-19(16)11-12-30(21)24(32)34-25(2,3)4/h9-10,13-14,21H,8,11-12H2,1-7H3,(H,28,31)/t21-/m0/s1. The second-order valence-corrected chi connectivity index (χ2v) is 15.2. The first-order chi connectivity index (χ1) is 16.3. The molecule has 0 saturated heterocycles. The topological polar surface area (TPSA) is 80.8 Å². The quantitative estimate of drug-likeness (QED) is 0.592. The number of nitrogens with zero attached hydrogens (tertiary/aromatic N) is 2. The number of hydrogen-bond donors (Lipinski definition) is 1. The maximum atomic E-state index is 14.9. The largest absolute Gasteiger partial charge is 0.481 e. The third kappa shape index (κ3) is 5.80. The molecule has 2 amide bonds. The van der Waals surface area contributed by atoms with Crippen molar-refractivity contribution in [3.05, 3.63) is 47.2 Å². The maximum Gasteiger partial charge on any atom is 0.411 e. The second kappa shape index (κ2) is 9.92. The zero-order chi connectivity index (χ0) is 26.1. The summed E-state index contributed by atoms with van der Waals surface area (Å²) in [4.78, 5) is 32.2. The lowest BCUT2D eigenvalue weighted by molar-refractivity contribution is -0.122. The first-order valence-electron chi connectivity index (χ1n) is 11.6. The summed E-state index contributed by atoms with van der Waals surface area (Å²) >= 11 is 0. The number of nitrogens with one attached hydrogen (secondary N) is 1. The highest BCUT2D eigenvalue weighted by molar-refractivity contribution is 6.89. The number of anilines is 1. The Morgan fingerprint density at radius 2 is 1.83 bits per heavy atom. The van der Waals surface area contributed by atoms with Gasteiger partial charge >= 0.3 is 6.09 Å². The summed E-state index contributed by atoms with van der Waals surface area (Å²) in [6.45, 7) is 11.1. The molecule has 0 bridgehead atoms. The zero-order valence-electron chi connectivity index (χ0n) is 21.3. The van der Waals surface area contributed by atoms with Gasteiger partial charge in [-0.25, -0.2) is 18.6 Å². The molecule has 2 aromatic rings. The van der Waals surface area contributed by atoms with E-state index in [4.69, 9.17) is 9.47 Å². The Hall–Kier alpha value is -3.01. The smallest absolute Gasteiger partial charge is 0.411 e. The van der Waals surface area contributed by atoms with E-state index in [2.05, 4.69) is 10.3 Å². The molecule has 0 unspecified atom stereocenters. The molecule has 1 aromatic carbocycles. The summed E-state index contributed by atoms with van der Waals surface area (Å²) in [6, 6.07) is 5.11. The van der Waals surface area contributed by atoms with Crippen molar-refractivity contribution in [2.45, 2.75) is 64.9 Å². The molecule has 0 aliphatic carbocycles. The Morgan fingerprint density at radius 1 is 1.20 bits per heavy atom. The Kier molecular flexibility index (Phi) is 7.54. The van der Waals surface area contributed by atoms with Crippen LogP contribution in [-0.4, -0.2) is 49.2 Å². The molecule has 0 saturated carbocycles. The molecule has 10 heteroatoms. The van der Waals surface area contributed by atoms with Crippen molar-refractivity contribution in [1.29, 1.82) is 0 Å². The van der Waals surface area contributed by atoms with E-state index >= 15 is 0 Å². The number of fused-ring (bicyclic) bond motifs is 1. The summed E-state index contributed by atoms with van der Waals surface area (Å²) < 4.78 is 40.6. The Labute approximate surface area is 205 Å². The monoisotopic (exact) mass is 505 g/mol. The number of rotatable bonds is 5. The number of benzene rings is 1. The van der Waals surface area contributed by atoms with Crippen molar-refractivity contribution >= 4 is 30.9 Å². The number of amides is 2. The SMILES string of the molecule is CC[Si](C)(C)c1c(F)cc(NC(=O)[C@@H]2c3ccc(OC)nc3CCN2C(=O)OC(C)(C)C)cc1F. The molecule has 7 nitrogen and oxygen atoms in total. The number of methoxy groups -OCH3 is 1. The molecule has 1 aliphatic heterocycles. The predicted molar refractivity (Wildman–Crippen MR) is 133 cm³/mol. The van der Waals surface area contributed by atoms with Gasteiger partial charge in [-0.1, -0.05) is 26.1 Å². The van der Waals surface area contributed by atoms with Gasteiger partial charge in [-0.15, -0.1) is 0 Å². The van der Waals surface area contributed by atoms with Crippen LogP contribution >= 0.6 is 0 Å². The Morgan fingerprint density at radius 3 is 2.37 bits per heavy atom. The molecule has 0 radical (unpaired) electrons. The molecule has 1 aromatic heterocycles. The third-order valence-corrected chi connectivity index (χ3v) is 9.73. The maximum absolute atomic E-state index is 14.9. The summed E-state index contributed by atoms with van der Waals surface area (Å²) in [6.07, 6.45) is -0.271. The molecule has 1 aliphatic rings. The van der Waals surface area contributed by atoms with Gasteiger partial charge in [0.15, 0.2) is 0 Å². The van der Waals surface area contributed by atoms with Gasteiger partial charge < -0.3 is 14.8 Å². The Bertz CT molecular complexity index is 1110. The predicted octanol–water partition coefficient (Wildman–Crippen LogP) is 4.78. The lowest BCUT2D eigenvalue weighted by Crippen LogP contribution is -2.47. The van der Waals surface area contributed by atoms with Crippen LogP contribution in [0.4, 0.5) is 19.3 Å². The van der Waals surface area contributed by atoms with Crippen LogP contribution in [0.5, 0.6) is 5.88 Å². The highest BCUT2D eigenvalue weighted by Gasteiger charge is 2.39. The van der Waals surface area contributed by atoms with Gasteiger partial charge in [0, 0.05) is 35.5 Å². The molecule has 0 fully saturated rings. The third-order valence-electron chi connectivity index (χ3n) is 6.14. The molecular weight excluding hydrogens is 472 g/mol. The van der Waals surface area contributed by atoms with Gasteiger partial charge in [-0.2, -0.15) is 0 Å². The first-order valence-corrected chi connectivity index (χ1v) is 14.8. The van der Waals surface area contributed by atoms with Crippen molar-refractivity contribution in [3.8, 4) is 5.88 Å². The Balaban J connectivity index is 1.99. The van der Waals surface area contributed by atoms with Gasteiger partial charge in [0.25, 0.3) is 5.91 Å². The van der Waals surface area contributed by atoms with Gasteiger partial charge in [0.1, 0.15) is 23.3 Å². The molecule has 35 heavy (non-hydrogen) atoms. The van der Waals surface area contributed by atoms with Crippen molar-refractivity contribution < 1.29 is 27.8 Å². The number of pyridine rings is 1. The van der Waals surface area contributed by atoms with Crippen LogP contribution in [-0.2, 0) is 16.0 Å². The first kappa shape index (κ1) is 26.6. The molecular formula is C25H33F2N3O4Si. The highest BCUT2D eigenvalue weighted by Crippen LogP contribution is 2.33. The van der Waals surface area contributed by atoms with Crippen molar-refractivity contribution in [2.75, 3.05) is 19.0 Å². The molecule has 190 valence electrons. The average Bonchev–Trinajstić information content (AvgIpc) is 2.75. The average molecular weight is 506 g/mol. The van der Waals surface area contributed by atoms with E-state index in [1.54, 1.807) is 32.9 Å². The van der Waals surface area contributed by atoms with Crippen molar-refractivity contribution in [1.82, 2.24) is 9.88 Å². The molecule has 3 rings (SSSR count). The highest BCUT2D eigenvalue weighted by atomic mass is 28.3. The number of carbonyl (C=O) groups excluding carboxylic acids is 2. The summed E-state index contributed by atoms with van der Waals surface area (Å²) in [5.74, 6) is -1.60. The summed E-state index contributed by atoms with van der Waals surface area (Å²) in [5.41, 5.74) is 0.312. The van der Waals surface area contributed by atoms with Gasteiger partial charge in [-0.3, -0.25) is 9.69 Å². The second-order valence-electron chi connectivity index (χ2n) is 10.3. The van der Waals surface area contributed by atoms with Crippen LogP contribution < -0.4 is 15.2 Å². The minimum absolute atomic E-state index is 0.0209. The van der Waals surface area contributed by atoms with Crippen LogP contribution in [0.15, 0.2) is 24.3 Å². The number of ether oxygens (including phenoxy) is 2. The van der Waals surface area contributed by atoms with Crippen LogP contribution in [0.25, 0.3) is 0 Å². The minimum Gasteiger partial charge on any atom is -0.481 e. The van der Waals surface area contributed by atoms with E-state index in [9.17, 15) is 18.4 Å². The fourth-order valence-electron chi connectivity index (χ4n) is 4.06. The lowest BCUT2D eigenvalue weighted by atomic mass is 9.96. The minimum atomic E-state index is -2.30. The number of halogens is 2. The van der Waals surface area contributed by atoms with Gasteiger partial charge in [0.05, 0.1) is 20.9 Å². The lowest BCUT2D eigenvalue weighted by Gasteiger charge is -2.36. The van der Waals surface area contributed by atoms with Gasteiger partial charge in [0.2, 0.25) is 5.88 Å². The normalized spacial score (nSPS) is 15.9. The fourth-order valence-corrected chi connectivity index (χ4v) is 5.85. The van der Waals surface area contributed by atoms with E-state index in [-0.39, 0.29) is 17.4 Å². The van der Waals surface area contributed by atoms with Crippen LogP contribution in [0.1, 0.15) is 45.0 Å². The van der Waals surface area contributed by atoms with Crippen LogP contribution in [0.2, 0.25) is 19.1 Å². The van der Waals surface area contributed by atoms with Crippen molar-refractivity contribution in [2.24, 2.45) is 0 Å². The summed E-state index contributed by atoms with van der Waals surface area (Å²) in [7, 11) is -0.805. The number of hydrogen-bond acceptors (Lipinski definition) is 5. The molecule has 2 heterocycles. The molecule has 1 atom stereocenters. The van der Waals surface area contributed by atoms with Gasteiger partial charge in [-0.05, 0) is 39.0 Å². The fraction of sp³-hybridized carbons (Fsp3) is 0.480.